The van der Waals surface area contributed by atoms with Crippen molar-refractivity contribution in [3.05, 3.63) is 30.3 Å². The molecular weight excluding hydrogens is 330 g/mol. The van der Waals surface area contributed by atoms with Gasteiger partial charge in [-0.15, -0.1) is 0 Å². The average molecular weight is 359 g/mol. The van der Waals surface area contributed by atoms with Crippen molar-refractivity contribution < 1.29 is 14.3 Å². The Bertz CT molecular complexity index is 600. The molecule has 2 amide bonds. The lowest BCUT2D eigenvalue weighted by Crippen LogP contribution is -2.50. The van der Waals surface area contributed by atoms with Crippen molar-refractivity contribution >= 4 is 17.5 Å². The van der Waals surface area contributed by atoms with Crippen LogP contribution >= 0.6 is 0 Å². The lowest BCUT2D eigenvalue weighted by atomic mass is 9.99. The number of carbonyl (C=O) groups excluding carboxylic acids is 2. The zero-order valence-corrected chi connectivity index (χ0v) is 15.5. The number of piperidine rings is 1. The molecule has 2 aliphatic heterocycles. The highest BCUT2D eigenvalue weighted by molar-refractivity contribution is 5.94. The topological polar surface area (TPSA) is 61.9 Å². The molecule has 6 nitrogen and oxygen atoms in total. The monoisotopic (exact) mass is 359 g/mol. The Hall–Kier alpha value is -1.92. The smallest absolute Gasteiger partial charge is 0.255 e. The van der Waals surface area contributed by atoms with E-state index < -0.39 is 6.10 Å². The van der Waals surface area contributed by atoms with Crippen molar-refractivity contribution in [3.63, 3.8) is 0 Å². The van der Waals surface area contributed by atoms with Crippen LogP contribution in [-0.2, 0) is 14.3 Å². The van der Waals surface area contributed by atoms with Crippen LogP contribution in [0.5, 0.6) is 0 Å². The highest BCUT2D eigenvalue weighted by Gasteiger charge is 2.29. The van der Waals surface area contributed by atoms with Crippen molar-refractivity contribution in [3.8, 4) is 0 Å². The number of nitrogens with zero attached hydrogens (tertiary/aromatic N) is 2. The third kappa shape index (κ3) is 5.29. The first kappa shape index (κ1) is 18.9. The number of rotatable bonds is 5. The van der Waals surface area contributed by atoms with E-state index in [0.29, 0.717) is 26.1 Å². The number of hydrogen-bond donors (Lipinski definition) is 1. The van der Waals surface area contributed by atoms with E-state index in [4.69, 9.17) is 4.74 Å². The van der Waals surface area contributed by atoms with E-state index in [-0.39, 0.29) is 11.8 Å². The van der Waals surface area contributed by atoms with Crippen molar-refractivity contribution in [2.75, 3.05) is 44.6 Å². The van der Waals surface area contributed by atoms with E-state index in [9.17, 15) is 9.59 Å². The summed E-state index contributed by atoms with van der Waals surface area (Å²) in [6.07, 6.45) is 2.34. The number of benzene rings is 1. The van der Waals surface area contributed by atoms with Gasteiger partial charge in [-0.25, -0.2) is 0 Å². The molecule has 3 rings (SSSR count). The fourth-order valence-electron chi connectivity index (χ4n) is 3.48. The molecule has 1 aromatic rings. The van der Waals surface area contributed by atoms with Gasteiger partial charge in [0.1, 0.15) is 0 Å². The van der Waals surface area contributed by atoms with Gasteiger partial charge in [0.2, 0.25) is 5.91 Å². The van der Waals surface area contributed by atoms with Crippen LogP contribution in [0.25, 0.3) is 0 Å². The molecule has 26 heavy (non-hydrogen) atoms. The Balaban J connectivity index is 1.45. The number of hydrogen-bond acceptors (Lipinski definition) is 4. The molecule has 0 unspecified atom stereocenters. The molecule has 0 saturated carbocycles. The van der Waals surface area contributed by atoms with Crippen LogP contribution < -0.4 is 5.32 Å². The summed E-state index contributed by atoms with van der Waals surface area (Å²) in [5, 5.41) is 2.85. The molecule has 0 bridgehead atoms. The molecule has 1 N–H and O–H groups in total. The largest absolute Gasteiger partial charge is 0.365 e. The quantitative estimate of drug-likeness (QED) is 0.873. The number of morpholine rings is 1. The lowest BCUT2D eigenvalue weighted by Gasteiger charge is -2.34. The Kier molecular flexibility index (Phi) is 6.63. The van der Waals surface area contributed by atoms with Gasteiger partial charge in [0.25, 0.3) is 5.91 Å². The molecular formula is C20H29N3O3. The summed E-state index contributed by atoms with van der Waals surface area (Å²) in [5.41, 5.74) is 0.740. The summed E-state index contributed by atoms with van der Waals surface area (Å²) in [7, 11) is 0. The normalized spacial score (nSPS) is 22.2. The first-order valence-corrected chi connectivity index (χ1v) is 9.59. The van der Waals surface area contributed by atoms with Crippen molar-refractivity contribution in [2.45, 2.75) is 32.3 Å². The second-order valence-electron chi connectivity index (χ2n) is 7.33. The summed E-state index contributed by atoms with van der Waals surface area (Å²) in [6.45, 7) is 6.55. The minimum atomic E-state index is -0.608. The molecule has 2 aliphatic rings. The van der Waals surface area contributed by atoms with Crippen LogP contribution in [0.3, 0.4) is 0 Å². The van der Waals surface area contributed by atoms with Gasteiger partial charge in [-0.05, 0) is 44.0 Å². The van der Waals surface area contributed by atoms with Gasteiger partial charge in [0.15, 0.2) is 6.10 Å². The molecule has 1 aromatic carbocycles. The van der Waals surface area contributed by atoms with Crippen LogP contribution in [0, 0.1) is 5.92 Å². The molecule has 1 atom stereocenters. The van der Waals surface area contributed by atoms with Gasteiger partial charge in [0, 0.05) is 25.2 Å². The van der Waals surface area contributed by atoms with E-state index in [1.807, 2.05) is 30.3 Å². The molecule has 2 fully saturated rings. The highest BCUT2D eigenvalue weighted by atomic mass is 16.5. The number of likely N-dealkylation sites (tertiary alicyclic amines) is 1. The lowest BCUT2D eigenvalue weighted by molar-refractivity contribution is -0.144. The van der Waals surface area contributed by atoms with E-state index in [1.165, 1.54) is 12.8 Å². The van der Waals surface area contributed by atoms with Crippen LogP contribution in [0.4, 0.5) is 5.69 Å². The van der Waals surface area contributed by atoms with Gasteiger partial charge in [0.05, 0.1) is 13.2 Å². The number of carbonyl (C=O) groups is 2. The first-order chi connectivity index (χ1) is 12.6. The summed E-state index contributed by atoms with van der Waals surface area (Å²) >= 11 is 0. The molecule has 0 spiro atoms. The minimum absolute atomic E-state index is 0.115. The molecule has 0 radical (unpaired) electrons. The second kappa shape index (κ2) is 9.14. The molecule has 142 valence electrons. The fraction of sp³-hybridized carbons (Fsp3) is 0.600. The van der Waals surface area contributed by atoms with Gasteiger partial charge < -0.3 is 19.9 Å². The highest BCUT2D eigenvalue weighted by Crippen LogP contribution is 2.16. The van der Waals surface area contributed by atoms with E-state index in [2.05, 4.69) is 17.1 Å². The number of anilines is 1. The van der Waals surface area contributed by atoms with Crippen LogP contribution in [0.2, 0.25) is 0 Å². The van der Waals surface area contributed by atoms with Gasteiger partial charge >= 0.3 is 0 Å². The van der Waals surface area contributed by atoms with Gasteiger partial charge in [-0.2, -0.15) is 0 Å². The summed E-state index contributed by atoms with van der Waals surface area (Å²) in [5.74, 6) is 0.716. The molecule has 2 saturated heterocycles. The Morgan fingerprint density at radius 3 is 2.62 bits per heavy atom. The SMILES string of the molecule is CC1CCN(CCC(=O)N2CCO[C@H](C(=O)Nc3ccccc3)C2)CC1. The molecule has 2 heterocycles. The maximum Gasteiger partial charge on any atom is 0.255 e. The van der Waals surface area contributed by atoms with E-state index in [0.717, 1.165) is 31.2 Å². The van der Waals surface area contributed by atoms with Gasteiger partial charge in [-0.3, -0.25) is 9.59 Å². The summed E-state index contributed by atoms with van der Waals surface area (Å²) in [6, 6.07) is 9.31. The maximum absolute atomic E-state index is 12.5. The van der Waals surface area contributed by atoms with E-state index >= 15 is 0 Å². The van der Waals surface area contributed by atoms with Gasteiger partial charge in [-0.1, -0.05) is 25.1 Å². The third-order valence-corrected chi connectivity index (χ3v) is 5.27. The third-order valence-electron chi connectivity index (χ3n) is 5.27. The summed E-state index contributed by atoms with van der Waals surface area (Å²) < 4.78 is 5.58. The number of para-hydroxylation sites is 1. The van der Waals surface area contributed by atoms with Crippen molar-refractivity contribution in [1.82, 2.24) is 9.80 Å². The Morgan fingerprint density at radius 2 is 1.88 bits per heavy atom. The zero-order valence-electron chi connectivity index (χ0n) is 15.5. The predicted octanol–water partition coefficient (Wildman–Crippen LogP) is 1.97. The number of amides is 2. The number of nitrogens with one attached hydrogen (secondary N) is 1. The number of ether oxygens (including phenoxy) is 1. The maximum atomic E-state index is 12.5. The van der Waals surface area contributed by atoms with Crippen LogP contribution in [0.15, 0.2) is 30.3 Å². The minimum Gasteiger partial charge on any atom is -0.365 e. The summed E-state index contributed by atoms with van der Waals surface area (Å²) in [4.78, 5) is 29.1. The van der Waals surface area contributed by atoms with Crippen molar-refractivity contribution in [2.24, 2.45) is 5.92 Å². The van der Waals surface area contributed by atoms with Crippen LogP contribution in [-0.4, -0.2) is 67.0 Å². The van der Waals surface area contributed by atoms with Crippen LogP contribution in [0.1, 0.15) is 26.2 Å². The predicted molar refractivity (Wildman–Crippen MR) is 101 cm³/mol. The standard InChI is InChI=1S/C20H29N3O3/c1-16-7-10-22(11-8-16)12-9-19(24)23-13-14-26-18(15-23)20(25)21-17-5-3-2-4-6-17/h2-6,16,18H,7-15H2,1H3,(H,21,25)/t18-/m0/s1. The average Bonchev–Trinajstić information content (AvgIpc) is 2.68. The molecule has 0 aliphatic carbocycles. The van der Waals surface area contributed by atoms with Crippen molar-refractivity contribution in [1.29, 1.82) is 0 Å². The Morgan fingerprint density at radius 1 is 1.15 bits per heavy atom. The Labute approximate surface area is 155 Å². The first-order valence-electron chi connectivity index (χ1n) is 9.59. The second-order valence-corrected chi connectivity index (χ2v) is 7.33. The zero-order chi connectivity index (χ0) is 18.4. The molecule has 0 aromatic heterocycles. The van der Waals surface area contributed by atoms with E-state index in [1.54, 1.807) is 4.90 Å². The fourth-order valence-corrected chi connectivity index (χ4v) is 3.48. The molecule has 6 heteroatoms.